The number of aryl methyl sites for hydroxylation is 1. The van der Waals surface area contributed by atoms with Crippen molar-refractivity contribution in [2.75, 3.05) is 6.54 Å². The average molecular weight is 246 g/mol. The third-order valence-electron chi connectivity index (χ3n) is 3.15. The van der Waals surface area contributed by atoms with Gasteiger partial charge in [-0.2, -0.15) is 0 Å². The predicted molar refractivity (Wildman–Crippen MR) is 71.7 cm³/mol. The van der Waals surface area contributed by atoms with Gasteiger partial charge in [0, 0.05) is 30.2 Å². The Balaban J connectivity index is 2.56. The molecule has 2 aromatic rings. The molecule has 0 aliphatic heterocycles. The topological polar surface area (TPSA) is 68.2 Å². The molecule has 0 aliphatic rings. The fraction of sp³-hybridized carbons (Fsp3) is 0.357. The molecule has 18 heavy (non-hydrogen) atoms. The molecule has 0 unspecified atom stereocenters. The number of hydrogen-bond acceptors (Lipinski definition) is 2. The summed E-state index contributed by atoms with van der Waals surface area (Å²) in [6, 6.07) is 6.22. The maximum atomic E-state index is 10.9. The third-order valence-corrected chi connectivity index (χ3v) is 3.15. The van der Waals surface area contributed by atoms with Crippen LogP contribution in [0.2, 0.25) is 0 Å². The Labute approximate surface area is 106 Å². The smallest absolute Gasteiger partial charge is 0.307 e. The van der Waals surface area contributed by atoms with Gasteiger partial charge in [0.2, 0.25) is 0 Å². The lowest BCUT2D eigenvalue weighted by atomic mass is 10.1. The molecular weight excluding hydrogens is 228 g/mol. The molecule has 0 amide bonds. The number of nitrogens with two attached hydrogens (primary N) is 1. The van der Waals surface area contributed by atoms with Crippen LogP contribution in [0, 0.1) is 0 Å². The van der Waals surface area contributed by atoms with Crippen LogP contribution in [0.4, 0.5) is 0 Å². The number of hydrogen-bond donors (Lipinski definition) is 2. The maximum absolute atomic E-state index is 10.9. The molecule has 0 spiro atoms. The lowest BCUT2D eigenvalue weighted by molar-refractivity contribution is -0.136. The minimum Gasteiger partial charge on any atom is -0.481 e. The summed E-state index contributed by atoms with van der Waals surface area (Å²) < 4.78 is 2.03. The molecule has 0 radical (unpaired) electrons. The van der Waals surface area contributed by atoms with Crippen LogP contribution in [0.25, 0.3) is 10.9 Å². The zero-order chi connectivity index (χ0) is 13.1. The first kappa shape index (κ1) is 12.6. The van der Waals surface area contributed by atoms with E-state index in [1.807, 2.05) is 10.8 Å². The summed E-state index contributed by atoms with van der Waals surface area (Å²) in [7, 11) is 0. The van der Waals surface area contributed by atoms with E-state index >= 15 is 0 Å². The normalized spacial score (nSPS) is 11.0. The lowest BCUT2D eigenvalue weighted by Crippen LogP contribution is -2.08. The van der Waals surface area contributed by atoms with E-state index in [9.17, 15) is 4.79 Å². The highest BCUT2D eigenvalue weighted by Crippen LogP contribution is 2.23. The van der Waals surface area contributed by atoms with E-state index in [4.69, 9.17) is 10.8 Å². The summed E-state index contributed by atoms with van der Waals surface area (Å²) in [4.78, 5) is 10.9. The molecule has 0 saturated heterocycles. The number of aromatic nitrogens is 1. The summed E-state index contributed by atoms with van der Waals surface area (Å²) in [6.07, 6.45) is 2.91. The van der Waals surface area contributed by atoms with Crippen molar-refractivity contribution in [2.45, 2.75) is 26.3 Å². The number of benzene rings is 1. The second-order valence-corrected chi connectivity index (χ2v) is 4.41. The number of rotatable bonds is 5. The zero-order valence-electron chi connectivity index (χ0n) is 10.5. The molecule has 2 rings (SSSR count). The van der Waals surface area contributed by atoms with Crippen molar-refractivity contribution in [3.8, 4) is 0 Å². The Hall–Kier alpha value is -1.81. The third kappa shape index (κ3) is 2.38. The Morgan fingerprint density at radius 2 is 2.22 bits per heavy atom. The van der Waals surface area contributed by atoms with Crippen LogP contribution >= 0.6 is 0 Å². The average Bonchev–Trinajstić information content (AvgIpc) is 2.67. The SMILES string of the molecule is CCc1ccc2c(c1)c(CC(=O)O)cn2CCN. The van der Waals surface area contributed by atoms with Gasteiger partial charge in [-0.15, -0.1) is 0 Å². The van der Waals surface area contributed by atoms with E-state index < -0.39 is 5.97 Å². The Morgan fingerprint density at radius 3 is 2.83 bits per heavy atom. The van der Waals surface area contributed by atoms with Crippen LogP contribution in [-0.2, 0) is 24.2 Å². The van der Waals surface area contributed by atoms with E-state index in [0.29, 0.717) is 13.1 Å². The molecule has 1 heterocycles. The van der Waals surface area contributed by atoms with Gasteiger partial charge in [-0.1, -0.05) is 13.0 Å². The number of carbonyl (C=O) groups is 1. The lowest BCUT2D eigenvalue weighted by Gasteiger charge is -2.03. The Kier molecular flexibility index (Phi) is 3.67. The van der Waals surface area contributed by atoms with Gasteiger partial charge in [0.1, 0.15) is 0 Å². The van der Waals surface area contributed by atoms with Crippen LogP contribution in [0.15, 0.2) is 24.4 Å². The van der Waals surface area contributed by atoms with E-state index in [-0.39, 0.29) is 6.42 Å². The van der Waals surface area contributed by atoms with Gasteiger partial charge in [-0.05, 0) is 29.7 Å². The largest absolute Gasteiger partial charge is 0.481 e. The van der Waals surface area contributed by atoms with Gasteiger partial charge < -0.3 is 15.4 Å². The molecule has 4 nitrogen and oxygen atoms in total. The fourth-order valence-corrected chi connectivity index (χ4v) is 2.27. The molecule has 0 bridgehead atoms. The highest BCUT2D eigenvalue weighted by Gasteiger charge is 2.11. The Morgan fingerprint density at radius 1 is 1.44 bits per heavy atom. The maximum Gasteiger partial charge on any atom is 0.307 e. The molecule has 4 heteroatoms. The molecule has 3 N–H and O–H groups in total. The van der Waals surface area contributed by atoms with Crippen molar-refractivity contribution >= 4 is 16.9 Å². The minimum atomic E-state index is -0.802. The standard InChI is InChI=1S/C14H18N2O2/c1-2-10-3-4-13-12(7-10)11(8-14(17)18)9-16(13)6-5-15/h3-4,7,9H,2,5-6,8,15H2,1H3,(H,17,18). The molecule has 1 aromatic heterocycles. The summed E-state index contributed by atoms with van der Waals surface area (Å²) in [5, 5.41) is 9.99. The summed E-state index contributed by atoms with van der Waals surface area (Å²) in [5.41, 5.74) is 8.73. The zero-order valence-corrected chi connectivity index (χ0v) is 10.5. The quantitative estimate of drug-likeness (QED) is 0.845. The van der Waals surface area contributed by atoms with Gasteiger partial charge in [0.25, 0.3) is 0 Å². The first-order chi connectivity index (χ1) is 8.65. The molecule has 1 aromatic carbocycles. The molecule has 0 aliphatic carbocycles. The fourth-order valence-electron chi connectivity index (χ4n) is 2.27. The van der Waals surface area contributed by atoms with Crippen LogP contribution in [0.5, 0.6) is 0 Å². The van der Waals surface area contributed by atoms with E-state index in [0.717, 1.165) is 22.9 Å². The molecular formula is C14H18N2O2. The van der Waals surface area contributed by atoms with E-state index in [1.54, 1.807) is 0 Å². The highest BCUT2D eigenvalue weighted by atomic mass is 16.4. The molecule has 0 fully saturated rings. The van der Waals surface area contributed by atoms with Gasteiger partial charge in [-0.25, -0.2) is 0 Å². The van der Waals surface area contributed by atoms with E-state index in [1.165, 1.54) is 5.56 Å². The summed E-state index contributed by atoms with van der Waals surface area (Å²) in [5.74, 6) is -0.802. The number of carboxylic acid groups (broad SMARTS) is 1. The van der Waals surface area contributed by atoms with E-state index in [2.05, 4.69) is 25.1 Å². The van der Waals surface area contributed by atoms with Crippen LogP contribution in [0.3, 0.4) is 0 Å². The van der Waals surface area contributed by atoms with Gasteiger partial charge in [-0.3, -0.25) is 4.79 Å². The van der Waals surface area contributed by atoms with Crippen LogP contribution in [-0.4, -0.2) is 22.2 Å². The molecule has 96 valence electrons. The summed E-state index contributed by atoms with van der Waals surface area (Å²) >= 11 is 0. The van der Waals surface area contributed by atoms with Crippen molar-refractivity contribution in [3.05, 3.63) is 35.5 Å². The number of aliphatic carboxylic acids is 1. The minimum absolute atomic E-state index is 0.0568. The second kappa shape index (κ2) is 5.23. The van der Waals surface area contributed by atoms with Crippen molar-refractivity contribution < 1.29 is 9.90 Å². The van der Waals surface area contributed by atoms with Crippen LogP contribution in [0.1, 0.15) is 18.1 Å². The number of carboxylic acids is 1. The first-order valence-corrected chi connectivity index (χ1v) is 6.18. The summed E-state index contributed by atoms with van der Waals surface area (Å²) in [6.45, 7) is 3.35. The van der Waals surface area contributed by atoms with Crippen molar-refractivity contribution in [1.82, 2.24) is 4.57 Å². The van der Waals surface area contributed by atoms with Gasteiger partial charge in [0.15, 0.2) is 0 Å². The van der Waals surface area contributed by atoms with Gasteiger partial charge in [0.05, 0.1) is 6.42 Å². The number of nitrogens with zero attached hydrogens (tertiary/aromatic N) is 1. The predicted octanol–water partition coefficient (Wildman–Crippen LogP) is 1.79. The molecule has 0 saturated carbocycles. The first-order valence-electron chi connectivity index (χ1n) is 6.18. The molecule has 0 atom stereocenters. The van der Waals surface area contributed by atoms with Crippen molar-refractivity contribution in [2.24, 2.45) is 5.73 Å². The number of fused-ring (bicyclic) bond motifs is 1. The second-order valence-electron chi connectivity index (χ2n) is 4.41. The monoisotopic (exact) mass is 246 g/mol. The van der Waals surface area contributed by atoms with Crippen molar-refractivity contribution in [1.29, 1.82) is 0 Å². The Bertz CT molecular complexity index is 572. The van der Waals surface area contributed by atoms with Crippen molar-refractivity contribution in [3.63, 3.8) is 0 Å². The highest BCUT2D eigenvalue weighted by molar-refractivity contribution is 5.88. The van der Waals surface area contributed by atoms with Gasteiger partial charge >= 0.3 is 5.97 Å². The van der Waals surface area contributed by atoms with Crippen LogP contribution < -0.4 is 5.73 Å².